The molecule has 5 heteroatoms. The Hall–Kier alpha value is -1.72. The number of benzene rings is 1. The Morgan fingerprint density at radius 1 is 1.24 bits per heavy atom. The number of aryl methyl sites for hydroxylation is 2. The van der Waals surface area contributed by atoms with Crippen LogP contribution in [0.25, 0.3) is 11.5 Å². The van der Waals surface area contributed by atoms with Crippen LogP contribution in [0.3, 0.4) is 0 Å². The highest BCUT2D eigenvalue weighted by atomic mass is 16.5. The highest BCUT2D eigenvalue weighted by Crippen LogP contribution is 2.25. The van der Waals surface area contributed by atoms with Gasteiger partial charge in [0.25, 0.3) is 5.89 Å². The topological polar surface area (TPSA) is 54.2 Å². The van der Waals surface area contributed by atoms with Crippen molar-refractivity contribution >= 4 is 0 Å². The smallest absolute Gasteiger partial charge is 0.258 e. The van der Waals surface area contributed by atoms with Gasteiger partial charge in [0.05, 0.1) is 6.04 Å². The maximum absolute atomic E-state index is 5.50. The first-order valence-electron chi connectivity index (χ1n) is 7.51. The van der Waals surface area contributed by atoms with Crippen molar-refractivity contribution in [3.8, 4) is 11.5 Å². The molecular formula is C16H22N4O. The van der Waals surface area contributed by atoms with E-state index in [1.54, 1.807) is 0 Å². The third kappa shape index (κ3) is 2.99. The Labute approximate surface area is 125 Å². The second-order valence-electron chi connectivity index (χ2n) is 5.74. The number of rotatable bonds is 3. The van der Waals surface area contributed by atoms with Gasteiger partial charge in [-0.05, 0) is 32.4 Å². The number of nitrogens with one attached hydrogen (secondary N) is 1. The summed E-state index contributed by atoms with van der Waals surface area (Å²) < 4.78 is 5.50. The molecule has 5 nitrogen and oxygen atoms in total. The fourth-order valence-corrected chi connectivity index (χ4v) is 2.71. The first kappa shape index (κ1) is 14.2. The lowest BCUT2D eigenvalue weighted by Gasteiger charge is -2.30. The molecule has 21 heavy (non-hydrogen) atoms. The Morgan fingerprint density at radius 2 is 2.00 bits per heavy atom. The number of hydrogen-bond acceptors (Lipinski definition) is 5. The van der Waals surface area contributed by atoms with Crippen molar-refractivity contribution in [2.75, 3.05) is 26.2 Å². The standard InChI is InChI=1S/C16H22N4O/c1-11-4-5-12(2)14(10-11)16-18-15(19-21-16)13(3)20-8-6-17-7-9-20/h4-5,10,13,17H,6-9H2,1-3H3. The molecule has 3 rings (SSSR count). The number of nitrogens with zero attached hydrogens (tertiary/aromatic N) is 3. The molecule has 0 saturated carbocycles. The molecular weight excluding hydrogens is 264 g/mol. The van der Waals surface area contributed by atoms with Crippen LogP contribution in [0.1, 0.15) is 29.9 Å². The van der Waals surface area contributed by atoms with Gasteiger partial charge in [-0.2, -0.15) is 4.98 Å². The van der Waals surface area contributed by atoms with Gasteiger partial charge in [-0.3, -0.25) is 4.90 Å². The van der Waals surface area contributed by atoms with E-state index in [0.717, 1.165) is 43.1 Å². The molecule has 112 valence electrons. The van der Waals surface area contributed by atoms with Crippen molar-refractivity contribution in [2.24, 2.45) is 0 Å². The lowest BCUT2D eigenvalue weighted by molar-refractivity contribution is 0.176. The largest absolute Gasteiger partial charge is 0.334 e. The second-order valence-corrected chi connectivity index (χ2v) is 5.74. The van der Waals surface area contributed by atoms with E-state index in [1.165, 1.54) is 5.56 Å². The van der Waals surface area contributed by atoms with Crippen LogP contribution < -0.4 is 5.32 Å². The number of piperazine rings is 1. The van der Waals surface area contributed by atoms with E-state index in [4.69, 9.17) is 4.52 Å². The fraction of sp³-hybridized carbons (Fsp3) is 0.500. The van der Waals surface area contributed by atoms with Gasteiger partial charge in [-0.15, -0.1) is 0 Å². The molecule has 1 aliphatic rings. The summed E-state index contributed by atoms with van der Waals surface area (Å²) in [5.74, 6) is 1.39. The van der Waals surface area contributed by atoms with Crippen molar-refractivity contribution in [3.63, 3.8) is 0 Å². The normalized spacial score (nSPS) is 17.9. The average Bonchev–Trinajstić information content (AvgIpc) is 2.99. The molecule has 1 aromatic carbocycles. The minimum atomic E-state index is 0.190. The molecule has 0 amide bonds. The molecule has 0 aliphatic carbocycles. The lowest BCUT2D eigenvalue weighted by atomic mass is 10.1. The zero-order chi connectivity index (χ0) is 14.8. The van der Waals surface area contributed by atoms with E-state index in [2.05, 4.69) is 59.3 Å². The van der Waals surface area contributed by atoms with Crippen molar-refractivity contribution in [1.29, 1.82) is 0 Å². The van der Waals surface area contributed by atoms with Gasteiger partial charge in [0, 0.05) is 31.7 Å². The minimum absolute atomic E-state index is 0.190. The van der Waals surface area contributed by atoms with Gasteiger partial charge in [0.1, 0.15) is 0 Å². The Kier molecular flexibility index (Phi) is 4.03. The summed E-state index contributed by atoms with van der Waals surface area (Å²) in [6.45, 7) is 10.4. The molecule has 1 aliphatic heterocycles. The highest BCUT2D eigenvalue weighted by Gasteiger charge is 2.23. The highest BCUT2D eigenvalue weighted by molar-refractivity contribution is 5.59. The number of aromatic nitrogens is 2. The molecule has 0 bridgehead atoms. The lowest BCUT2D eigenvalue weighted by Crippen LogP contribution is -2.44. The summed E-state index contributed by atoms with van der Waals surface area (Å²) in [5, 5.41) is 7.55. The van der Waals surface area contributed by atoms with Crippen molar-refractivity contribution < 1.29 is 4.52 Å². The van der Waals surface area contributed by atoms with Crippen LogP contribution in [-0.4, -0.2) is 41.2 Å². The molecule has 2 heterocycles. The summed E-state index contributed by atoms with van der Waals surface area (Å²) in [7, 11) is 0. The van der Waals surface area contributed by atoms with Crippen molar-refractivity contribution in [2.45, 2.75) is 26.8 Å². The van der Waals surface area contributed by atoms with E-state index in [-0.39, 0.29) is 6.04 Å². The summed E-state index contributed by atoms with van der Waals surface area (Å²) in [4.78, 5) is 7.00. The molecule has 1 saturated heterocycles. The first-order chi connectivity index (χ1) is 10.1. The molecule has 1 fully saturated rings. The fourth-order valence-electron chi connectivity index (χ4n) is 2.71. The van der Waals surface area contributed by atoms with Crippen LogP contribution in [0.15, 0.2) is 22.7 Å². The Balaban J connectivity index is 1.84. The predicted molar refractivity (Wildman–Crippen MR) is 82.1 cm³/mol. The van der Waals surface area contributed by atoms with E-state index >= 15 is 0 Å². The molecule has 1 unspecified atom stereocenters. The van der Waals surface area contributed by atoms with Gasteiger partial charge >= 0.3 is 0 Å². The van der Waals surface area contributed by atoms with Gasteiger partial charge in [0.15, 0.2) is 5.82 Å². The molecule has 2 aromatic rings. The average molecular weight is 286 g/mol. The van der Waals surface area contributed by atoms with Gasteiger partial charge in [-0.1, -0.05) is 22.9 Å². The zero-order valence-corrected chi connectivity index (χ0v) is 12.9. The van der Waals surface area contributed by atoms with Crippen LogP contribution >= 0.6 is 0 Å². The van der Waals surface area contributed by atoms with Gasteiger partial charge < -0.3 is 9.84 Å². The molecule has 1 N–H and O–H groups in total. The van der Waals surface area contributed by atoms with Crippen LogP contribution in [-0.2, 0) is 0 Å². The van der Waals surface area contributed by atoms with Gasteiger partial charge in [-0.25, -0.2) is 0 Å². The monoisotopic (exact) mass is 286 g/mol. The maximum Gasteiger partial charge on any atom is 0.258 e. The quantitative estimate of drug-likeness (QED) is 0.938. The van der Waals surface area contributed by atoms with E-state index in [9.17, 15) is 0 Å². The minimum Gasteiger partial charge on any atom is -0.334 e. The van der Waals surface area contributed by atoms with Crippen LogP contribution in [0, 0.1) is 13.8 Å². The zero-order valence-electron chi connectivity index (χ0n) is 12.9. The molecule has 0 spiro atoms. The van der Waals surface area contributed by atoms with E-state index in [0.29, 0.717) is 5.89 Å². The van der Waals surface area contributed by atoms with Crippen LogP contribution in [0.5, 0.6) is 0 Å². The third-order valence-corrected chi connectivity index (χ3v) is 4.14. The van der Waals surface area contributed by atoms with Crippen molar-refractivity contribution in [3.05, 3.63) is 35.2 Å². The molecule has 1 aromatic heterocycles. The van der Waals surface area contributed by atoms with Crippen LogP contribution in [0.2, 0.25) is 0 Å². The summed E-state index contributed by atoms with van der Waals surface area (Å²) in [6, 6.07) is 6.48. The SMILES string of the molecule is Cc1ccc(C)c(-c2nc(C(C)N3CCNCC3)no2)c1. The maximum atomic E-state index is 5.50. The summed E-state index contributed by atoms with van der Waals surface area (Å²) in [6.07, 6.45) is 0. The van der Waals surface area contributed by atoms with Gasteiger partial charge in [0.2, 0.25) is 0 Å². The van der Waals surface area contributed by atoms with E-state index < -0.39 is 0 Å². The Morgan fingerprint density at radius 3 is 2.76 bits per heavy atom. The van der Waals surface area contributed by atoms with Crippen LogP contribution in [0.4, 0.5) is 0 Å². The first-order valence-corrected chi connectivity index (χ1v) is 7.51. The third-order valence-electron chi connectivity index (χ3n) is 4.14. The molecule has 0 radical (unpaired) electrons. The Bertz CT molecular complexity index is 616. The predicted octanol–water partition coefficient (Wildman–Crippen LogP) is 2.32. The number of hydrogen-bond donors (Lipinski definition) is 1. The van der Waals surface area contributed by atoms with E-state index in [1.807, 2.05) is 0 Å². The molecule has 1 atom stereocenters. The summed E-state index contributed by atoms with van der Waals surface area (Å²) in [5.41, 5.74) is 3.39. The second kappa shape index (κ2) is 5.95. The van der Waals surface area contributed by atoms with Crippen molar-refractivity contribution in [1.82, 2.24) is 20.4 Å². The summed E-state index contributed by atoms with van der Waals surface area (Å²) >= 11 is 0.